The third-order valence-corrected chi connectivity index (χ3v) is 4.23. The molecule has 0 unspecified atom stereocenters. The van der Waals surface area contributed by atoms with Crippen LogP contribution in [0.25, 0.3) is 0 Å². The predicted molar refractivity (Wildman–Crippen MR) is 64.4 cm³/mol. The van der Waals surface area contributed by atoms with Crippen LogP contribution < -0.4 is 0 Å². The van der Waals surface area contributed by atoms with Gasteiger partial charge in [-0.3, -0.25) is 0 Å². The lowest BCUT2D eigenvalue weighted by Gasteiger charge is -2.12. The summed E-state index contributed by atoms with van der Waals surface area (Å²) in [5, 5.41) is 5.66. The van der Waals surface area contributed by atoms with Crippen molar-refractivity contribution in [2.24, 2.45) is 11.0 Å². The Morgan fingerprint density at radius 1 is 1.38 bits per heavy atom. The third-order valence-electron chi connectivity index (χ3n) is 3.98. The third kappa shape index (κ3) is 1.56. The van der Waals surface area contributed by atoms with Gasteiger partial charge in [-0.15, -0.1) is 0 Å². The molecular weight excluding hydrogens is 220 g/mol. The van der Waals surface area contributed by atoms with Crippen LogP contribution in [-0.2, 0) is 0 Å². The van der Waals surface area contributed by atoms with Crippen molar-refractivity contribution in [1.29, 1.82) is 0 Å². The van der Waals surface area contributed by atoms with Crippen molar-refractivity contribution in [1.82, 2.24) is 0 Å². The van der Waals surface area contributed by atoms with Crippen LogP contribution >= 0.6 is 11.6 Å². The molecule has 1 aliphatic heterocycles. The second-order valence-corrected chi connectivity index (χ2v) is 5.54. The van der Waals surface area contributed by atoms with Gasteiger partial charge in [0, 0.05) is 17.2 Å². The van der Waals surface area contributed by atoms with Crippen molar-refractivity contribution < 1.29 is 4.70 Å². The van der Waals surface area contributed by atoms with E-state index in [2.05, 4.69) is 23.8 Å². The lowest BCUT2D eigenvalue weighted by molar-refractivity contribution is -0.503. The topological polar surface area (TPSA) is 15.4 Å². The normalized spacial score (nSPS) is 32.6. The molecule has 84 valence electrons. The summed E-state index contributed by atoms with van der Waals surface area (Å²) in [6, 6.07) is 7.97. The second kappa shape index (κ2) is 3.56. The molecule has 0 aromatic heterocycles. The van der Waals surface area contributed by atoms with Crippen LogP contribution in [0.1, 0.15) is 26.2 Å². The Hall–Kier alpha value is -0.890. The highest BCUT2D eigenvalue weighted by molar-refractivity contribution is 6.30. The summed E-state index contributed by atoms with van der Waals surface area (Å²) >= 11 is 5.89. The van der Waals surface area contributed by atoms with Gasteiger partial charge in [0.1, 0.15) is 5.54 Å². The first-order valence-corrected chi connectivity index (χ1v) is 6.31. The average molecular weight is 236 g/mol. The van der Waals surface area contributed by atoms with Crippen LogP contribution in [0.5, 0.6) is 0 Å². The minimum absolute atomic E-state index is 0.194. The molecule has 1 aromatic rings. The molecule has 0 amide bonds. The first-order chi connectivity index (χ1) is 7.67. The Balaban J connectivity index is 1.92. The standard InChI is InChI=1S/C13H16ClN2/c1-13-8-2-3-10(13)9-16(15-13)12-6-4-11(14)5-7-12/h4-7,10H,2-3,8-9H2,1H3/q+1/t10-,13-/m0/s1. The Morgan fingerprint density at radius 2 is 2.12 bits per heavy atom. The first-order valence-electron chi connectivity index (χ1n) is 5.93. The van der Waals surface area contributed by atoms with E-state index >= 15 is 0 Å². The van der Waals surface area contributed by atoms with Crippen molar-refractivity contribution in [3.63, 3.8) is 0 Å². The molecule has 0 saturated heterocycles. The van der Waals surface area contributed by atoms with Crippen LogP contribution in [0, 0.1) is 5.92 Å². The fraction of sp³-hybridized carbons (Fsp3) is 0.538. The fourth-order valence-electron chi connectivity index (χ4n) is 2.94. The molecule has 0 spiro atoms. The smallest absolute Gasteiger partial charge is 0.0881 e. The van der Waals surface area contributed by atoms with Gasteiger partial charge in [0.2, 0.25) is 5.69 Å². The highest BCUT2D eigenvalue weighted by Gasteiger charge is 2.49. The lowest BCUT2D eigenvalue weighted by atomic mass is 9.91. The van der Waals surface area contributed by atoms with Gasteiger partial charge in [0.25, 0.3) is 0 Å². The van der Waals surface area contributed by atoms with Gasteiger partial charge in [0.05, 0.1) is 5.92 Å². The molecule has 3 heteroatoms. The summed E-state index contributed by atoms with van der Waals surface area (Å²) in [6.45, 7) is 3.36. The van der Waals surface area contributed by atoms with Gasteiger partial charge in [-0.05, 0) is 37.0 Å². The molecule has 1 heterocycles. The van der Waals surface area contributed by atoms with E-state index in [0.717, 1.165) is 17.5 Å². The van der Waals surface area contributed by atoms with Crippen LogP contribution in [0.3, 0.4) is 0 Å². The second-order valence-electron chi connectivity index (χ2n) is 5.10. The van der Waals surface area contributed by atoms with Crippen molar-refractivity contribution in [3.8, 4) is 0 Å². The van der Waals surface area contributed by atoms with E-state index in [9.17, 15) is 0 Å². The summed E-state index contributed by atoms with van der Waals surface area (Å²) in [6.07, 6.45) is 3.89. The lowest BCUT2D eigenvalue weighted by Crippen LogP contribution is -2.23. The maximum Gasteiger partial charge on any atom is 0.231 e. The molecule has 2 atom stereocenters. The number of fused-ring (bicyclic) bond motifs is 1. The molecule has 1 aromatic carbocycles. The number of rotatable bonds is 1. The zero-order chi connectivity index (χ0) is 11.2. The van der Waals surface area contributed by atoms with Crippen LogP contribution in [0.15, 0.2) is 29.4 Å². The van der Waals surface area contributed by atoms with E-state index in [1.165, 1.54) is 24.9 Å². The highest BCUT2D eigenvalue weighted by atomic mass is 35.5. The molecule has 16 heavy (non-hydrogen) atoms. The molecule has 0 bridgehead atoms. The van der Waals surface area contributed by atoms with E-state index < -0.39 is 0 Å². The van der Waals surface area contributed by atoms with Crippen molar-refractivity contribution in [2.45, 2.75) is 31.7 Å². The number of hydrogen-bond acceptors (Lipinski definition) is 1. The summed E-state index contributed by atoms with van der Waals surface area (Å²) < 4.78 is 2.15. The van der Waals surface area contributed by atoms with Gasteiger partial charge >= 0.3 is 0 Å². The fourth-order valence-corrected chi connectivity index (χ4v) is 3.07. The van der Waals surface area contributed by atoms with Crippen LogP contribution in [0.2, 0.25) is 5.02 Å². The Labute approximate surface area is 101 Å². The molecular formula is C13H16ClN2+. The van der Waals surface area contributed by atoms with Crippen molar-refractivity contribution in [2.75, 3.05) is 6.54 Å². The molecule has 2 nitrogen and oxygen atoms in total. The Morgan fingerprint density at radius 3 is 2.81 bits per heavy atom. The zero-order valence-corrected chi connectivity index (χ0v) is 10.2. The maximum atomic E-state index is 5.89. The molecule has 0 N–H and O–H groups in total. The molecule has 0 radical (unpaired) electrons. The van der Waals surface area contributed by atoms with Gasteiger partial charge < -0.3 is 0 Å². The maximum absolute atomic E-state index is 5.89. The van der Waals surface area contributed by atoms with E-state index in [1.54, 1.807) is 0 Å². The largest absolute Gasteiger partial charge is 0.231 e. The van der Waals surface area contributed by atoms with E-state index in [0.29, 0.717) is 0 Å². The monoisotopic (exact) mass is 235 g/mol. The number of halogens is 1. The van der Waals surface area contributed by atoms with Gasteiger partial charge in [-0.2, -0.15) is 0 Å². The molecule has 1 saturated carbocycles. The van der Waals surface area contributed by atoms with Crippen molar-refractivity contribution in [3.05, 3.63) is 29.3 Å². The molecule has 2 aliphatic rings. The van der Waals surface area contributed by atoms with Gasteiger partial charge in [-0.25, -0.2) is 0 Å². The van der Waals surface area contributed by atoms with Gasteiger partial charge in [-0.1, -0.05) is 22.7 Å². The minimum atomic E-state index is 0.194. The average Bonchev–Trinajstić information content (AvgIpc) is 2.73. The number of benzene rings is 1. The summed E-state index contributed by atoms with van der Waals surface area (Å²) in [5.74, 6) is 0.739. The molecule has 3 rings (SSSR count). The zero-order valence-electron chi connectivity index (χ0n) is 9.49. The number of nitrogens with zero attached hydrogens (tertiary/aromatic N) is 2. The summed E-state index contributed by atoms with van der Waals surface area (Å²) in [4.78, 5) is 0. The molecule has 1 aliphatic carbocycles. The SMILES string of the molecule is C[C@]12CCC[C@H]1C[N+](c1ccc(Cl)cc1)=N2. The first kappa shape index (κ1) is 10.3. The number of azo groups is 2. The summed E-state index contributed by atoms with van der Waals surface area (Å²) in [7, 11) is 0. The Kier molecular flexibility index (Phi) is 2.28. The summed E-state index contributed by atoms with van der Waals surface area (Å²) in [5.41, 5.74) is 1.36. The van der Waals surface area contributed by atoms with Crippen LogP contribution in [-0.4, -0.2) is 16.8 Å². The van der Waals surface area contributed by atoms with E-state index in [1.807, 2.05) is 12.1 Å². The highest BCUT2D eigenvalue weighted by Crippen LogP contribution is 2.43. The van der Waals surface area contributed by atoms with Crippen molar-refractivity contribution >= 4 is 17.3 Å². The predicted octanol–water partition coefficient (Wildman–Crippen LogP) is 4.01. The minimum Gasteiger partial charge on any atom is -0.0881 e. The van der Waals surface area contributed by atoms with Gasteiger partial charge in [0.15, 0.2) is 6.54 Å². The number of hydrogen-bond donors (Lipinski definition) is 0. The van der Waals surface area contributed by atoms with Crippen LogP contribution in [0.4, 0.5) is 5.69 Å². The Bertz CT molecular complexity index is 438. The quantitative estimate of drug-likeness (QED) is 0.654. The van der Waals surface area contributed by atoms with E-state index in [4.69, 9.17) is 16.7 Å². The molecule has 1 fully saturated rings. The van der Waals surface area contributed by atoms with E-state index in [-0.39, 0.29) is 5.54 Å².